The summed E-state index contributed by atoms with van der Waals surface area (Å²) >= 11 is 0. The first kappa shape index (κ1) is 13.7. The number of rotatable bonds is 6. The topological polar surface area (TPSA) is 59.1 Å². The largest absolute Gasteiger partial charge is 0.388 e. The van der Waals surface area contributed by atoms with Crippen LogP contribution < -0.4 is 5.73 Å². The van der Waals surface area contributed by atoms with Gasteiger partial charge in [-0.3, -0.25) is 4.98 Å². The molecule has 0 bridgehead atoms. The first-order valence-electron chi connectivity index (χ1n) is 6.66. The van der Waals surface area contributed by atoms with Crippen molar-refractivity contribution in [1.29, 1.82) is 0 Å². The van der Waals surface area contributed by atoms with Gasteiger partial charge in [0.05, 0.1) is 6.10 Å². The Labute approximate surface area is 114 Å². The summed E-state index contributed by atoms with van der Waals surface area (Å²) < 4.78 is 0. The molecule has 19 heavy (non-hydrogen) atoms. The Balaban J connectivity index is 1.99. The van der Waals surface area contributed by atoms with Crippen LogP contribution in [0.1, 0.15) is 29.3 Å². The Bertz CT molecular complexity index is 499. The van der Waals surface area contributed by atoms with Crippen molar-refractivity contribution in [3.05, 3.63) is 65.5 Å². The first-order chi connectivity index (χ1) is 9.29. The third kappa shape index (κ3) is 4.16. The molecule has 1 unspecified atom stereocenters. The summed E-state index contributed by atoms with van der Waals surface area (Å²) in [6.45, 7) is 0.499. The van der Waals surface area contributed by atoms with Gasteiger partial charge in [-0.25, -0.2) is 0 Å². The lowest BCUT2D eigenvalue weighted by Crippen LogP contribution is -2.07. The number of nitrogens with zero attached hydrogens (tertiary/aromatic N) is 1. The van der Waals surface area contributed by atoms with E-state index >= 15 is 0 Å². The Morgan fingerprint density at radius 2 is 2.00 bits per heavy atom. The molecule has 0 aliphatic rings. The van der Waals surface area contributed by atoms with Gasteiger partial charge in [0.15, 0.2) is 0 Å². The summed E-state index contributed by atoms with van der Waals surface area (Å²) in [5.74, 6) is 0. The fourth-order valence-electron chi connectivity index (χ4n) is 2.10. The summed E-state index contributed by atoms with van der Waals surface area (Å²) in [6, 6.07) is 14.0. The van der Waals surface area contributed by atoms with Gasteiger partial charge >= 0.3 is 0 Å². The minimum atomic E-state index is -0.459. The fourth-order valence-corrected chi connectivity index (χ4v) is 2.10. The zero-order valence-electron chi connectivity index (χ0n) is 11.0. The van der Waals surface area contributed by atoms with Gasteiger partial charge in [-0.2, -0.15) is 0 Å². The van der Waals surface area contributed by atoms with E-state index < -0.39 is 6.10 Å². The SMILES string of the molecule is NCCC(O)c1cccc(CCc2ccccn2)c1. The van der Waals surface area contributed by atoms with Gasteiger partial charge in [0.1, 0.15) is 0 Å². The van der Waals surface area contributed by atoms with E-state index in [2.05, 4.69) is 17.1 Å². The molecule has 0 amide bonds. The van der Waals surface area contributed by atoms with Crippen molar-refractivity contribution in [2.24, 2.45) is 5.73 Å². The number of pyridine rings is 1. The van der Waals surface area contributed by atoms with E-state index in [-0.39, 0.29) is 0 Å². The molecule has 2 rings (SSSR count). The Kier molecular flexibility index (Phi) is 5.07. The molecule has 1 aromatic carbocycles. The average molecular weight is 256 g/mol. The second kappa shape index (κ2) is 7.02. The van der Waals surface area contributed by atoms with Crippen LogP contribution in [0.25, 0.3) is 0 Å². The quantitative estimate of drug-likeness (QED) is 0.833. The molecule has 0 saturated heterocycles. The molecule has 0 spiro atoms. The highest BCUT2D eigenvalue weighted by molar-refractivity contribution is 5.26. The van der Waals surface area contributed by atoms with E-state index in [1.165, 1.54) is 5.56 Å². The van der Waals surface area contributed by atoms with Crippen molar-refractivity contribution in [2.45, 2.75) is 25.4 Å². The number of aryl methyl sites for hydroxylation is 2. The summed E-state index contributed by atoms with van der Waals surface area (Å²) in [7, 11) is 0. The maximum atomic E-state index is 9.94. The number of benzene rings is 1. The fraction of sp³-hybridized carbons (Fsp3) is 0.312. The molecule has 0 fully saturated rings. The average Bonchev–Trinajstić information content (AvgIpc) is 2.47. The van der Waals surface area contributed by atoms with Crippen molar-refractivity contribution < 1.29 is 5.11 Å². The van der Waals surface area contributed by atoms with E-state index in [0.717, 1.165) is 24.1 Å². The molecular weight excluding hydrogens is 236 g/mol. The van der Waals surface area contributed by atoms with Crippen LogP contribution in [0, 0.1) is 0 Å². The summed E-state index contributed by atoms with van der Waals surface area (Å²) in [5, 5.41) is 9.94. The van der Waals surface area contributed by atoms with E-state index in [4.69, 9.17) is 5.73 Å². The van der Waals surface area contributed by atoms with E-state index in [1.807, 2.05) is 36.5 Å². The van der Waals surface area contributed by atoms with Crippen LogP contribution in [-0.4, -0.2) is 16.6 Å². The molecule has 2 aromatic rings. The first-order valence-corrected chi connectivity index (χ1v) is 6.66. The third-order valence-electron chi connectivity index (χ3n) is 3.17. The lowest BCUT2D eigenvalue weighted by Gasteiger charge is -2.11. The van der Waals surface area contributed by atoms with Crippen molar-refractivity contribution in [2.75, 3.05) is 6.54 Å². The van der Waals surface area contributed by atoms with Crippen LogP contribution >= 0.6 is 0 Å². The van der Waals surface area contributed by atoms with Gasteiger partial charge in [-0.15, -0.1) is 0 Å². The second-order valence-corrected chi connectivity index (χ2v) is 4.66. The van der Waals surface area contributed by atoms with Crippen LogP contribution in [0.4, 0.5) is 0 Å². The highest BCUT2D eigenvalue weighted by Crippen LogP contribution is 2.18. The Hall–Kier alpha value is -1.71. The maximum absolute atomic E-state index is 9.94. The Morgan fingerprint density at radius 3 is 2.74 bits per heavy atom. The van der Waals surface area contributed by atoms with Gasteiger partial charge in [-0.1, -0.05) is 30.3 Å². The molecule has 100 valence electrons. The normalized spacial score (nSPS) is 12.3. The van der Waals surface area contributed by atoms with E-state index in [0.29, 0.717) is 13.0 Å². The van der Waals surface area contributed by atoms with Crippen LogP contribution in [0.2, 0.25) is 0 Å². The number of hydrogen-bond donors (Lipinski definition) is 2. The van der Waals surface area contributed by atoms with Crippen molar-refractivity contribution in [3.63, 3.8) is 0 Å². The molecule has 0 radical (unpaired) electrons. The highest BCUT2D eigenvalue weighted by Gasteiger charge is 2.06. The molecule has 3 N–H and O–H groups in total. The number of hydrogen-bond acceptors (Lipinski definition) is 3. The Morgan fingerprint density at radius 1 is 1.11 bits per heavy atom. The number of nitrogens with two attached hydrogens (primary N) is 1. The summed E-state index contributed by atoms with van der Waals surface area (Å²) in [6.07, 6.45) is 3.80. The molecule has 3 nitrogen and oxygen atoms in total. The van der Waals surface area contributed by atoms with Crippen LogP contribution in [0.5, 0.6) is 0 Å². The molecule has 0 aliphatic carbocycles. The van der Waals surface area contributed by atoms with Crippen molar-refractivity contribution >= 4 is 0 Å². The van der Waals surface area contributed by atoms with E-state index in [1.54, 1.807) is 0 Å². The third-order valence-corrected chi connectivity index (χ3v) is 3.17. The molecule has 1 heterocycles. The standard InChI is InChI=1S/C16H20N2O/c17-10-9-16(19)14-5-3-4-13(12-14)7-8-15-6-1-2-11-18-15/h1-6,11-12,16,19H,7-10,17H2. The van der Waals surface area contributed by atoms with Gasteiger partial charge in [-0.05, 0) is 49.1 Å². The van der Waals surface area contributed by atoms with Gasteiger partial charge in [0.25, 0.3) is 0 Å². The summed E-state index contributed by atoms with van der Waals surface area (Å²) in [4.78, 5) is 4.31. The predicted octanol–water partition coefficient (Wildman–Crippen LogP) is 2.25. The highest BCUT2D eigenvalue weighted by atomic mass is 16.3. The van der Waals surface area contributed by atoms with Crippen molar-refractivity contribution in [1.82, 2.24) is 4.98 Å². The lowest BCUT2D eigenvalue weighted by atomic mass is 10.0. The van der Waals surface area contributed by atoms with Crippen LogP contribution in [-0.2, 0) is 12.8 Å². The molecule has 1 aromatic heterocycles. The zero-order chi connectivity index (χ0) is 13.5. The van der Waals surface area contributed by atoms with Crippen LogP contribution in [0.15, 0.2) is 48.7 Å². The monoisotopic (exact) mass is 256 g/mol. The number of aliphatic hydroxyl groups is 1. The minimum Gasteiger partial charge on any atom is -0.388 e. The number of aromatic nitrogens is 1. The van der Waals surface area contributed by atoms with Gasteiger partial charge in [0, 0.05) is 11.9 Å². The lowest BCUT2D eigenvalue weighted by molar-refractivity contribution is 0.170. The van der Waals surface area contributed by atoms with E-state index in [9.17, 15) is 5.11 Å². The molecular formula is C16H20N2O. The predicted molar refractivity (Wildman–Crippen MR) is 76.7 cm³/mol. The molecule has 3 heteroatoms. The van der Waals surface area contributed by atoms with Crippen molar-refractivity contribution in [3.8, 4) is 0 Å². The molecule has 0 saturated carbocycles. The van der Waals surface area contributed by atoms with Gasteiger partial charge in [0.2, 0.25) is 0 Å². The minimum absolute atomic E-state index is 0.459. The van der Waals surface area contributed by atoms with Gasteiger partial charge < -0.3 is 10.8 Å². The zero-order valence-corrected chi connectivity index (χ0v) is 11.0. The number of aliphatic hydroxyl groups excluding tert-OH is 1. The summed E-state index contributed by atoms with van der Waals surface area (Å²) in [5.41, 5.74) is 8.73. The molecule has 0 aliphatic heterocycles. The van der Waals surface area contributed by atoms with Crippen LogP contribution in [0.3, 0.4) is 0 Å². The molecule has 1 atom stereocenters. The maximum Gasteiger partial charge on any atom is 0.0802 e. The second-order valence-electron chi connectivity index (χ2n) is 4.66. The smallest absolute Gasteiger partial charge is 0.0802 e.